The van der Waals surface area contributed by atoms with Gasteiger partial charge in [-0.2, -0.15) is 0 Å². The summed E-state index contributed by atoms with van der Waals surface area (Å²) in [5, 5.41) is 0. The summed E-state index contributed by atoms with van der Waals surface area (Å²) < 4.78 is 0. The Morgan fingerprint density at radius 2 is 0.974 bits per heavy atom. The average Bonchev–Trinajstić information content (AvgIpc) is 3.33. The van der Waals surface area contributed by atoms with E-state index in [1.165, 1.54) is 34.3 Å². The van der Waals surface area contributed by atoms with Gasteiger partial charge in [-0.3, -0.25) is 0 Å². The van der Waals surface area contributed by atoms with Crippen LogP contribution in [0.4, 0.5) is 0 Å². The predicted molar refractivity (Wildman–Crippen MR) is 169 cm³/mol. The van der Waals surface area contributed by atoms with Crippen molar-refractivity contribution in [2.75, 3.05) is 0 Å². The second-order valence-corrected chi connectivity index (χ2v) is 17.5. The number of benzene rings is 2. The van der Waals surface area contributed by atoms with Gasteiger partial charge in [-0.05, 0) is 82.0 Å². The molecule has 0 saturated heterocycles. The molecule has 4 heteroatoms. The van der Waals surface area contributed by atoms with Crippen molar-refractivity contribution >= 4 is 38.7 Å². The molecule has 0 N–H and O–H groups in total. The summed E-state index contributed by atoms with van der Waals surface area (Å²) in [6, 6.07) is 12.6. The van der Waals surface area contributed by atoms with E-state index in [0.717, 1.165) is 9.52 Å². The number of allylic oxidation sites excluding steroid dienone is 2. The zero-order valence-corrected chi connectivity index (χ0v) is 30.1. The zero-order chi connectivity index (χ0) is 28.3. The minimum absolute atomic E-state index is 0.570. The summed E-state index contributed by atoms with van der Waals surface area (Å²) in [5.74, 6) is 3.49. The Hall–Kier alpha value is -0.400. The number of halogens is 2. The van der Waals surface area contributed by atoms with E-state index in [2.05, 4.69) is 106 Å². The van der Waals surface area contributed by atoms with Crippen LogP contribution in [0.1, 0.15) is 149 Å². The standard InChI is InChI=1S/C34H46Si.2ClH.Zr/c1-19(2)25-13-27(21(5)6)29-11-23(9)33(31(29)15-25)17-35-18-34-24(10)12-30-28(22(7)8)14-26(20(3)4)16-32(30)34;;;/h11-16,19-22,33-34H,17-18H2,1-10H3;2*1H;/q;;;+2/p-2. The van der Waals surface area contributed by atoms with E-state index in [1.54, 1.807) is 33.4 Å². The summed E-state index contributed by atoms with van der Waals surface area (Å²) in [6.07, 6.45) is 5.01. The second kappa shape index (κ2) is 14.0. The van der Waals surface area contributed by atoms with Gasteiger partial charge < -0.3 is 0 Å². The molecule has 0 aliphatic heterocycles. The van der Waals surface area contributed by atoms with Crippen molar-refractivity contribution in [3.8, 4) is 0 Å². The maximum absolute atomic E-state index is 4.93. The van der Waals surface area contributed by atoms with E-state index in [-0.39, 0.29) is 0 Å². The molecule has 0 aromatic heterocycles. The molecule has 2 aromatic rings. The average molecular weight is 645 g/mol. The molecule has 204 valence electrons. The summed E-state index contributed by atoms with van der Waals surface area (Å²) in [6.45, 7) is 23.5. The molecule has 0 fully saturated rings. The van der Waals surface area contributed by atoms with E-state index < -0.39 is 20.8 Å². The Morgan fingerprint density at radius 3 is 1.26 bits per heavy atom. The zero-order valence-electron chi connectivity index (χ0n) is 25.1. The van der Waals surface area contributed by atoms with Gasteiger partial charge in [-0.15, -0.1) is 0 Å². The van der Waals surface area contributed by atoms with Crippen LogP contribution in [0.15, 0.2) is 35.4 Å². The molecule has 38 heavy (non-hydrogen) atoms. The van der Waals surface area contributed by atoms with Crippen LogP contribution >= 0.6 is 17.0 Å². The number of rotatable bonds is 8. The molecule has 2 aliphatic carbocycles. The SMILES string of the molecule is CC1=Cc2c(C(C)C)cc(C(C)C)cc2C1C[Si]CC1C(C)=Cc2c(C(C)C)cc(C(C)C)cc21.[Cl][Zr][Cl]. The third kappa shape index (κ3) is 7.08. The van der Waals surface area contributed by atoms with E-state index in [9.17, 15) is 0 Å². The van der Waals surface area contributed by atoms with Gasteiger partial charge in [0.15, 0.2) is 0 Å². The van der Waals surface area contributed by atoms with Crippen LogP contribution in [0.3, 0.4) is 0 Å². The molecule has 4 rings (SSSR count). The fourth-order valence-electron chi connectivity index (χ4n) is 6.04. The second-order valence-electron chi connectivity index (χ2n) is 12.5. The van der Waals surface area contributed by atoms with Crippen LogP contribution in [0.2, 0.25) is 12.1 Å². The first-order valence-corrected chi connectivity index (χ1v) is 22.0. The Balaban J connectivity index is 0.00000127. The third-order valence-electron chi connectivity index (χ3n) is 8.40. The molecule has 0 spiro atoms. The number of hydrogen-bond donors (Lipinski definition) is 0. The molecule has 0 bridgehead atoms. The number of hydrogen-bond acceptors (Lipinski definition) is 0. The van der Waals surface area contributed by atoms with Crippen LogP contribution in [0, 0.1) is 0 Å². The van der Waals surface area contributed by atoms with Gasteiger partial charge in [0.25, 0.3) is 0 Å². The van der Waals surface area contributed by atoms with Crippen LogP contribution in [-0.2, 0) is 20.8 Å². The van der Waals surface area contributed by atoms with Gasteiger partial charge >= 0.3 is 37.9 Å². The molecule has 2 radical (unpaired) electrons. The van der Waals surface area contributed by atoms with Crippen LogP contribution < -0.4 is 0 Å². The van der Waals surface area contributed by atoms with Gasteiger partial charge in [-0.25, -0.2) is 0 Å². The Bertz CT molecular complexity index is 1100. The van der Waals surface area contributed by atoms with E-state index in [0.29, 0.717) is 35.5 Å². The van der Waals surface area contributed by atoms with Gasteiger partial charge in [-0.1, -0.05) is 115 Å². The molecule has 2 aliphatic rings. The molecular formula is C34H46Cl2SiZr. The predicted octanol–water partition coefficient (Wildman–Crippen LogP) is 11.8. The third-order valence-corrected chi connectivity index (χ3v) is 9.79. The fourth-order valence-corrected chi connectivity index (χ4v) is 7.87. The van der Waals surface area contributed by atoms with Gasteiger partial charge in [0, 0.05) is 21.4 Å². The van der Waals surface area contributed by atoms with E-state index >= 15 is 0 Å². The van der Waals surface area contributed by atoms with Gasteiger partial charge in [0.1, 0.15) is 0 Å². The fraction of sp³-hybridized carbons (Fsp3) is 0.529. The van der Waals surface area contributed by atoms with Crippen molar-refractivity contribution in [2.45, 2.75) is 117 Å². The molecule has 0 amide bonds. The first-order valence-electron chi connectivity index (χ1n) is 14.3. The topological polar surface area (TPSA) is 0 Å². The van der Waals surface area contributed by atoms with E-state index in [4.69, 9.17) is 17.0 Å². The van der Waals surface area contributed by atoms with Gasteiger partial charge in [0.05, 0.1) is 0 Å². The van der Waals surface area contributed by atoms with Crippen LogP contribution in [0.5, 0.6) is 0 Å². The molecule has 0 nitrogen and oxygen atoms in total. The van der Waals surface area contributed by atoms with Crippen molar-refractivity contribution in [1.82, 2.24) is 0 Å². The molecule has 2 aromatic carbocycles. The summed E-state index contributed by atoms with van der Waals surface area (Å²) in [7, 11) is 10.8. The van der Waals surface area contributed by atoms with Crippen LogP contribution in [-0.4, -0.2) is 9.52 Å². The quantitative estimate of drug-likeness (QED) is 0.251. The van der Waals surface area contributed by atoms with Gasteiger partial charge in [0.2, 0.25) is 0 Å². The first-order chi connectivity index (χ1) is 17.9. The first kappa shape index (κ1) is 32.1. The molecular weight excluding hydrogens is 599 g/mol. The Labute approximate surface area is 254 Å². The van der Waals surface area contributed by atoms with Crippen molar-refractivity contribution in [3.05, 3.63) is 79.9 Å². The van der Waals surface area contributed by atoms with Crippen molar-refractivity contribution in [3.63, 3.8) is 0 Å². The van der Waals surface area contributed by atoms with E-state index in [1.807, 2.05) is 0 Å². The molecule has 0 saturated carbocycles. The Kier molecular flexibility index (Phi) is 11.8. The minimum atomic E-state index is -0.826. The summed E-state index contributed by atoms with van der Waals surface area (Å²) >= 11 is -0.826. The maximum atomic E-state index is 4.93. The monoisotopic (exact) mass is 642 g/mol. The summed E-state index contributed by atoms with van der Waals surface area (Å²) in [4.78, 5) is 0. The van der Waals surface area contributed by atoms with Crippen molar-refractivity contribution in [2.24, 2.45) is 0 Å². The normalized spacial score (nSPS) is 18.0. The summed E-state index contributed by atoms with van der Waals surface area (Å²) in [5.41, 5.74) is 15.5. The van der Waals surface area contributed by atoms with Crippen molar-refractivity contribution < 1.29 is 20.8 Å². The molecule has 2 unspecified atom stereocenters. The Morgan fingerprint density at radius 1 is 0.632 bits per heavy atom. The number of fused-ring (bicyclic) bond motifs is 2. The molecule has 2 atom stereocenters. The van der Waals surface area contributed by atoms with Crippen molar-refractivity contribution in [1.29, 1.82) is 0 Å². The van der Waals surface area contributed by atoms with Crippen LogP contribution in [0.25, 0.3) is 12.2 Å². The molecule has 0 heterocycles.